The Balaban J connectivity index is 1.69. The molecule has 0 spiro atoms. The first-order valence-electron chi connectivity index (χ1n) is 10.6. The molecule has 9 nitrogen and oxygen atoms in total. The molecule has 1 fully saturated rings. The van der Waals surface area contributed by atoms with E-state index in [-0.39, 0.29) is 17.0 Å². The summed E-state index contributed by atoms with van der Waals surface area (Å²) in [5, 5.41) is 10.9. The van der Waals surface area contributed by atoms with Crippen LogP contribution in [0.25, 0.3) is 0 Å². The fourth-order valence-electron chi connectivity index (χ4n) is 4.15. The number of carbonyl (C=O) groups excluding carboxylic acids is 1. The predicted molar refractivity (Wildman–Crippen MR) is 115 cm³/mol. The number of nitrogens with zero attached hydrogens (tertiary/aromatic N) is 5. The number of benzene rings is 1. The Bertz CT molecular complexity index is 898. The average Bonchev–Trinajstić information content (AvgIpc) is 3.13. The molecular formula is C21H32N6O3. The summed E-state index contributed by atoms with van der Waals surface area (Å²) in [5.41, 5.74) is 1.70. The van der Waals surface area contributed by atoms with Crippen molar-refractivity contribution in [3.05, 3.63) is 40.3 Å². The van der Waals surface area contributed by atoms with Gasteiger partial charge in [-0.1, -0.05) is 25.1 Å². The Hall–Kier alpha value is -2.52. The highest BCUT2D eigenvalue weighted by atomic mass is 16.5. The minimum absolute atomic E-state index is 0.0121. The van der Waals surface area contributed by atoms with E-state index in [4.69, 9.17) is 4.74 Å². The smallest absolute Gasteiger partial charge is 0.363 e. The molecule has 1 amide bonds. The van der Waals surface area contributed by atoms with Crippen LogP contribution in [-0.4, -0.2) is 63.9 Å². The van der Waals surface area contributed by atoms with Crippen molar-refractivity contribution in [2.45, 2.75) is 51.6 Å². The topological polar surface area (TPSA) is 94.3 Å². The molecule has 3 rings (SSSR count). The highest BCUT2D eigenvalue weighted by Crippen LogP contribution is 2.39. The highest BCUT2D eigenvalue weighted by Gasteiger charge is 2.38. The van der Waals surface area contributed by atoms with Crippen LogP contribution in [0.4, 0.5) is 5.69 Å². The molecule has 0 aliphatic carbocycles. The summed E-state index contributed by atoms with van der Waals surface area (Å²) in [4.78, 5) is 26.5. The first kappa shape index (κ1) is 22.2. The van der Waals surface area contributed by atoms with Crippen LogP contribution in [0, 0.1) is 0 Å². The number of methoxy groups -OCH3 is 1. The van der Waals surface area contributed by atoms with Gasteiger partial charge in [-0.25, -0.2) is 4.79 Å². The Kier molecular flexibility index (Phi) is 7.38. The molecule has 0 bridgehead atoms. The van der Waals surface area contributed by atoms with E-state index in [1.807, 2.05) is 32.0 Å². The molecule has 9 heteroatoms. The van der Waals surface area contributed by atoms with Crippen molar-refractivity contribution < 1.29 is 9.53 Å². The lowest BCUT2D eigenvalue weighted by Gasteiger charge is -2.42. The van der Waals surface area contributed by atoms with Crippen LogP contribution in [0.5, 0.6) is 0 Å². The van der Waals surface area contributed by atoms with E-state index in [1.54, 1.807) is 7.11 Å². The second-order valence-corrected chi connectivity index (χ2v) is 7.80. The zero-order chi connectivity index (χ0) is 21.6. The molecule has 0 radical (unpaired) electrons. The van der Waals surface area contributed by atoms with Crippen LogP contribution < -0.4 is 11.0 Å². The number of hydrogen-bond acceptors (Lipinski definition) is 6. The molecule has 30 heavy (non-hydrogen) atoms. The molecule has 1 aliphatic heterocycles. The number of ether oxygens (including phenoxy) is 1. The van der Waals surface area contributed by atoms with Crippen LogP contribution >= 0.6 is 0 Å². The molecule has 0 atom stereocenters. The van der Waals surface area contributed by atoms with Crippen LogP contribution in [0.15, 0.2) is 29.1 Å². The van der Waals surface area contributed by atoms with Gasteiger partial charge in [0, 0.05) is 37.7 Å². The molecule has 1 aliphatic rings. The number of nitrogens with one attached hydrogen (secondary N) is 1. The Morgan fingerprint density at radius 2 is 1.83 bits per heavy atom. The normalized spacial score (nSPS) is 16.5. The molecule has 164 valence electrons. The third-order valence-electron chi connectivity index (χ3n) is 5.95. The van der Waals surface area contributed by atoms with Gasteiger partial charge < -0.3 is 15.0 Å². The molecule has 1 N–H and O–H groups in total. The third-order valence-corrected chi connectivity index (χ3v) is 5.95. The lowest BCUT2D eigenvalue weighted by Crippen LogP contribution is -2.46. The SMILES string of the molecule is CCC(=O)Nc1ccccc1C1(COC)CCN(CCn2nnn(CC)c2=O)CC1. The van der Waals surface area contributed by atoms with Gasteiger partial charge >= 0.3 is 5.69 Å². The third kappa shape index (κ3) is 4.79. The van der Waals surface area contributed by atoms with Gasteiger partial charge in [0.2, 0.25) is 5.91 Å². The number of rotatable bonds is 9. The second kappa shape index (κ2) is 9.99. The molecule has 0 saturated carbocycles. The quantitative estimate of drug-likeness (QED) is 0.666. The molecule has 2 heterocycles. The van der Waals surface area contributed by atoms with Gasteiger partial charge in [-0.3, -0.25) is 4.79 Å². The van der Waals surface area contributed by atoms with E-state index >= 15 is 0 Å². The van der Waals surface area contributed by atoms with Crippen LogP contribution in [0.1, 0.15) is 38.7 Å². The number of carbonyl (C=O) groups is 1. The zero-order valence-corrected chi connectivity index (χ0v) is 18.1. The molecule has 1 aromatic carbocycles. The number of hydrogen-bond donors (Lipinski definition) is 1. The van der Waals surface area contributed by atoms with Gasteiger partial charge in [0.1, 0.15) is 0 Å². The van der Waals surface area contributed by atoms with E-state index in [0.717, 1.165) is 43.7 Å². The molecule has 0 unspecified atom stereocenters. The maximum Gasteiger partial charge on any atom is 0.363 e. The lowest BCUT2D eigenvalue weighted by molar-refractivity contribution is -0.115. The Labute approximate surface area is 177 Å². The number of anilines is 1. The number of piperidine rings is 1. The van der Waals surface area contributed by atoms with Gasteiger partial charge in [-0.2, -0.15) is 9.36 Å². The largest absolute Gasteiger partial charge is 0.384 e. The first-order valence-corrected chi connectivity index (χ1v) is 10.6. The number of aryl methyl sites for hydroxylation is 1. The number of amides is 1. The summed E-state index contributed by atoms with van der Waals surface area (Å²) in [6, 6.07) is 8.04. The molecule has 2 aromatic rings. The van der Waals surface area contributed by atoms with Gasteiger partial charge in [0.05, 0.1) is 13.2 Å². The number of tetrazole rings is 1. The van der Waals surface area contributed by atoms with Crippen molar-refractivity contribution >= 4 is 11.6 Å². The first-order chi connectivity index (χ1) is 14.5. The average molecular weight is 417 g/mol. The van der Waals surface area contributed by atoms with E-state index in [2.05, 4.69) is 26.7 Å². The predicted octanol–water partition coefficient (Wildman–Crippen LogP) is 1.49. The van der Waals surface area contributed by atoms with Gasteiger partial charge in [0.25, 0.3) is 0 Å². The standard InChI is InChI=1S/C21H32N6O3/c1-4-19(28)22-18-9-7-6-8-17(18)21(16-30-3)10-12-25(13-11-21)14-15-27-20(29)26(5-2)23-24-27/h6-9H,4-5,10-16H2,1-3H3,(H,22,28). The van der Waals surface area contributed by atoms with Gasteiger partial charge in [0.15, 0.2) is 0 Å². The molecule has 1 aromatic heterocycles. The molecule has 1 saturated heterocycles. The van der Waals surface area contributed by atoms with Gasteiger partial charge in [-0.05, 0) is 54.9 Å². The minimum Gasteiger partial charge on any atom is -0.384 e. The summed E-state index contributed by atoms with van der Waals surface area (Å²) < 4.78 is 8.41. The fraction of sp³-hybridized carbons (Fsp3) is 0.619. The van der Waals surface area contributed by atoms with Crippen molar-refractivity contribution in [1.82, 2.24) is 24.7 Å². The Morgan fingerprint density at radius 1 is 1.13 bits per heavy atom. The lowest BCUT2D eigenvalue weighted by atomic mass is 9.72. The van der Waals surface area contributed by atoms with E-state index in [0.29, 0.717) is 26.1 Å². The minimum atomic E-state index is -0.163. The van der Waals surface area contributed by atoms with Crippen LogP contribution in [0.3, 0.4) is 0 Å². The van der Waals surface area contributed by atoms with E-state index in [9.17, 15) is 9.59 Å². The maximum absolute atomic E-state index is 12.1. The number of aromatic nitrogens is 4. The van der Waals surface area contributed by atoms with Crippen LogP contribution in [0.2, 0.25) is 0 Å². The maximum atomic E-state index is 12.1. The molecular weight excluding hydrogens is 384 g/mol. The zero-order valence-electron chi connectivity index (χ0n) is 18.1. The van der Waals surface area contributed by atoms with Crippen molar-refractivity contribution in [1.29, 1.82) is 0 Å². The van der Waals surface area contributed by atoms with Crippen molar-refractivity contribution in [2.24, 2.45) is 0 Å². The van der Waals surface area contributed by atoms with Crippen molar-refractivity contribution in [3.63, 3.8) is 0 Å². The van der Waals surface area contributed by atoms with E-state index in [1.165, 1.54) is 9.36 Å². The van der Waals surface area contributed by atoms with Crippen molar-refractivity contribution in [2.75, 3.05) is 38.7 Å². The highest BCUT2D eigenvalue weighted by molar-refractivity contribution is 5.91. The van der Waals surface area contributed by atoms with E-state index < -0.39 is 0 Å². The summed E-state index contributed by atoms with van der Waals surface area (Å²) in [5.74, 6) is 0.0121. The summed E-state index contributed by atoms with van der Waals surface area (Å²) in [6.07, 6.45) is 2.27. The summed E-state index contributed by atoms with van der Waals surface area (Å²) in [6.45, 7) is 7.90. The summed E-state index contributed by atoms with van der Waals surface area (Å²) >= 11 is 0. The Morgan fingerprint density at radius 3 is 2.47 bits per heavy atom. The number of para-hydroxylation sites is 1. The second-order valence-electron chi connectivity index (χ2n) is 7.80. The fourth-order valence-corrected chi connectivity index (χ4v) is 4.15. The monoisotopic (exact) mass is 416 g/mol. The number of likely N-dealkylation sites (tertiary alicyclic amines) is 1. The van der Waals surface area contributed by atoms with Gasteiger partial charge in [-0.15, -0.1) is 0 Å². The van der Waals surface area contributed by atoms with Crippen LogP contribution in [-0.2, 0) is 28.0 Å². The summed E-state index contributed by atoms with van der Waals surface area (Å²) in [7, 11) is 1.73. The van der Waals surface area contributed by atoms with Crippen molar-refractivity contribution in [3.8, 4) is 0 Å².